The summed E-state index contributed by atoms with van der Waals surface area (Å²) in [5.74, 6) is 5.44. The first kappa shape index (κ1) is 4.93. The van der Waals surface area contributed by atoms with Crippen LogP contribution < -0.4 is 0 Å². The van der Waals surface area contributed by atoms with E-state index >= 15 is 0 Å². The van der Waals surface area contributed by atoms with Gasteiger partial charge in [0.15, 0.2) is 0 Å². The molecule has 0 N–H and O–H groups in total. The zero-order valence-corrected chi connectivity index (χ0v) is 5.58. The van der Waals surface area contributed by atoms with Gasteiger partial charge in [-0.05, 0) is 30.8 Å². The van der Waals surface area contributed by atoms with E-state index in [4.69, 9.17) is 0 Å². The van der Waals surface area contributed by atoms with E-state index in [1.165, 1.54) is 11.1 Å². The van der Waals surface area contributed by atoms with Crippen LogP contribution in [-0.2, 0) is 0 Å². The molecule has 1 aromatic rings. The largest absolute Gasteiger partial charge is 0.131 e. The number of aryl methyl sites for hydroxylation is 2. The van der Waals surface area contributed by atoms with Crippen molar-refractivity contribution < 1.29 is 0 Å². The SMILES string of the molecule is Cc1[c][pH]cc1C. The number of rotatable bonds is 0. The van der Waals surface area contributed by atoms with Gasteiger partial charge in [0.25, 0.3) is 0 Å². The van der Waals surface area contributed by atoms with Crippen LogP contribution in [0.25, 0.3) is 0 Å². The van der Waals surface area contributed by atoms with Crippen molar-refractivity contribution in [2.24, 2.45) is 0 Å². The van der Waals surface area contributed by atoms with Crippen LogP contribution in [0.4, 0.5) is 0 Å². The molecule has 1 heterocycles. The van der Waals surface area contributed by atoms with Crippen LogP contribution in [0.2, 0.25) is 0 Å². The lowest BCUT2D eigenvalue weighted by Crippen LogP contribution is -1.64. The van der Waals surface area contributed by atoms with Crippen molar-refractivity contribution in [3.05, 3.63) is 22.7 Å². The molecule has 7 heavy (non-hydrogen) atoms. The Bertz CT molecular complexity index is 136. The normalized spacial score (nSPS) is 9.43. The van der Waals surface area contributed by atoms with Crippen LogP contribution in [0.1, 0.15) is 11.1 Å². The molecule has 0 saturated heterocycles. The van der Waals surface area contributed by atoms with E-state index in [9.17, 15) is 0 Å². The molecule has 0 spiro atoms. The second kappa shape index (κ2) is 1.71. The summed E-state index contributed by atoms with van der Waals surface area (Å²) < 4.78 is 0. The first-order valence-electron chi connectivity index (χ1n) is 2.33. The summed E-state index contributed by atoms with van der Waals surface area (Å²) in [5, 5.41) is 0. The Morgan fingerprint density at radius 2 is 2.29 bits per heavy atom. The summed E-state index contributed by atoms with van der Waals surface area (Å²) in [4.78, 5) is 0. The molecule has 1 aromatic heterocycles. The molecular weight excluding hydrogens is 103 g/mol. The molecule has 0 nitrogen and oxygen atoms in total. The molecule has 0 saturated carbocycles. The Labute approximate surface area is 45.6 Å². The molecule has 37 valence electrons. The lowest BCUT2D eigenvalue weighted by molar-refractivity contribution is 1.40. The van der Waals surface area contributed by atoms with E-state index < -0.39 is 0 Å². The fourth-order valence-corrected chi connectivity index (χ4v) is 1.38. The van der Waals surface area contributed by atoms with E-state index in [1.54, 1.807) is 0 Å². The summed E-state index contributed by atoms with van der Waals surface area (Å²) in [6.45, 7) is 4.23. The fraction of sp³-hybridized carbons (Fsp3) is 0.333. The zero-order valence-electron chi connectivity index (χ0n) is 4.58. The minimum Gasteiger partial charge on any atom is -0.131 e. The predicted molar refractivity (Wildman–Crippen MR) is 34.3 cm³/mol. The molecule has 1 heteroatoms. The third-order valence-electron chi connectivity index (χ3n) is 1.14. The van der Waals surface area contributed by atoms with Crippen molar-refractivity contribution >= 4 is 8.19 Å². The van der Waals surface area contributed by atoms with Gasteiger partial charge in [0.05, 0.1) is 0 Å². The minimum absolute atomic E-state index is 0.820. The molecular formula is C6H8P. The van der Waals surface area contributed by atoms with Crippen molar-refractivity contribution in [3.8, 4) is 0 Å². The molecule has 0 amide bonds. The average molecular weight is 111 g/mol. The summed E-state index contributed by atoms with van der Waals surface area (Å²) in [6, 6.07) is 0. The highest BCUT2D eigenvalue weighted by Crippen LogP contribution is 2.14. The van der Waals surface area contributed by atoms with Crippen LogP contribution in [0.15, 0.2) is 5.80 Å². The molecule has 1 atom stereocenters. The zero-order chi connectivity index (χ0) is 5.28. The highest BCUT2D eigenvalue weighted by Gasteiger charge is 1.86. The van der Waals surface area contributed by atoms with Gasteiger partial charge in [-0.15, -0.1) is 8.19 Å². The van der Waals surface area contributed by atoms with Crippen molar-refractivity contribution in [2.45, 2.75) is 13.8 Å². The van der Waals surface area contributed by atoms with Crippen LogP contribution in [-0.4, -0.2) is 0 Å². The van der Waals surface area contributed by atoms with E-state index in [0.29, 0.717) is 0 Å². The second-order valence-electron chi connectivity index (χ2n) is 1.72. The maximum atomic E-state index is 3.22. The van der Waals surface area contributed by atoms with E-state index in [1.807, 2.05) is 0 Å². The van der Waals surface area contributed by atoms with Gasteiger partial charge >= 0.3 is 0 Å². The maximum absolute atomic E-state index is 3.22. The topological polar surface area (TPSA) is 0 Å². The number of hydrogen-bond donors (Lipinski definition) is 0. The summed E-state index contributed by atoms with van der Waals surface area (Å²) >= 11 is 0. The lowest BCUT2D eigenvalue weighted by Gasteiger charge is -1.80. The fourth-order valence-electron chi connectivity index (χ4n) is 0.459. The predicted octanol–water partition coefficient (Wildman–Crippen LogP) is 2.13. The van der Waals surface area contributed by atoms with Gasteiger partial charge in [-0.2, -0.15) is 0 Å². The van der Waals surface area contributed by atoms with Crippen molar-refractivity contribution in [2.75, 3.05) is 0 Å². The first-order chi connectivity index (χ1) is 3.30. The van der Waals surface area contributed by atoms with Gasteiger partial charge in [0, 0.05) is 5.80 Å². The van der Waals surface area contributed by atoms with Gasteiger partial charge in [-0.3, -0.25) is 0 Å². The quantitative estimate of drug-likeness (QED) is 0.481. The van der Waals surface area contributed by atoms with E-state index in [-0.39, 0.29) is 0 Å². The minimum atomic E-state index is 0.820. The third-order valence-corrected chi connectivity index (χ3v) is 2.24. The summed E-state index contributed by atoms with van der Waals surface area (Å²) in [6.07, 6.45) is 0. The number of hydrogen-bond acceptors (Lipinski definition) is 0. The van der Waals surface area contributed by atoms with Gasteiger partial charge < -0.3 is 0 Å². The van der Waals surface area contributed by atoms with Crippen LogP contribution in [0, 0.1) is 19.6 Å². The van der Waals surface area contributed by atoms with Gasteiger partial charge in [-0.1, -0.05) is 0 Å². The average Bonchev–Trinajstić information content (AvgIpc) is 1.91. The van der Waals surface area contributed by atoms with Crippen molar-refractivity contribution in [1.82, 2.24) is 0 Å². The van der Waals surface area contributed by atoms with Crippen molar-refractivity contribution in [3.63, 3.8) is 0 Å². The Kier molecular flexibility index (Phi) is 1.21. The smallest absolute Gasteiger partial charge is 0.00534 e. The maximum Gasteiger partial charge on any atom is 0.00534 e. The Hall–Kier alpha value is -0.220. The van der Waals surface area contributed by atoms with Crippen LogP contribution in [0.3, 0.4) is 0 Å². The van der Waals surface area contributed by atoms with Crippen LogP contribution >= 0.6 is 8.19 Å². The molecule has 0 aliphatic rings. The van der Waals surface area contributed by atoms with Crippen LogP contribution in [0.5, 0.6) is 0 Å². The molecule has 0 aromatic carbocycles. The van der Waals surface area contributed by atoms with Gasteiger partial charge in [-0.25, -0.2) is 0 Å². The summed E-state index contributed by atoms with van der Waals surface area (Å²) in [7, 11) is 0.820. The second-order valence-corrected chi connectivity index (χ2v) is 2.55. The Morgan fingerprint density at radius 1 is 1.57 bits per heavy atom. The highest BCUT2D eigenvalue weighted by molar-refractivity contribution is 7.28. The molecule has 1 unspecified atom stereocenters. The van der Waals surface area contributed by atoms with Gasteiger partial charge in [0.2, 0.25) is 0 Å². The molecule has 0 aliphatic carbocycles. The molecule has 1 radical (unpaired) electrons. The Morgan fingerprint density at radius 3 is 2.43 bits per heavy atom. The summed E-state index contributed by atoms with van der Waals surface area (Å²) in [5.41, 5.74) is 2.73. The lowest BCUT2D eigenvalue weighted by atomic mass is 10.2. The van der Waals surface area contributed by atoms with E-state index in [0.717, 1.165) is 8.19 Å². The molecule has 0 bridgehead atoms. The molecule has 0 fully saturated rings. The first-order valence-corrected chi connectivity index (χ1v) is 3.40. The Balaban J connectivity index is 3.12. The molecule has 0 aliphatic heterocycles. The van der Waals surface area contributed by atoms with E-state index in [2.05, 4.69) is 25.4 Å². The van der Waals surface area contributed by atoms with Gasteiger partial charge in [0.1, 0.15) is 0 Å². The third kappa shape index (κ3) is 0.863. The van der Waals surface area contributed by atoms with Crippen molar-refractivity contribution in [1.29, 1.82) is 0 Å². The molecule has 1 rings (SSSR count). The standard InChI is InChI=1S/C6H8P/c1-5-3-7-4-6(5)2/h3,7H,1-2H3. The highest BCUT2D eigenvalue weighted by atomic mass is 31.0. The monoisotopic (exact) mass is 111 g/mol.